The van der Waals surface area contributed by atoms with E-state index in [2.05, 4.69) is 17.6 Å². The highest BCUT2D eigenvalue weighted by Crippen LogP contribution is 2.20. The average molecular weight is 417 g/mol. The van der Waals surface area contributed by atoms with Crippen molar-refractivity contribution in [3.8, 4) is 5.75 Å². The van der Waals surface area contributed by atoms with Gasteiger partial charge in [-0.2, -0.15) is 0 Å². The first-order chi connectivity index (χ1) is 14.9. The summed E-state index contributed by atoms with van der Waals surface area (Å²) in [7, 11) is 0. The molecule has 1 atom stereocenters. The molecule has 0 bridgehead atoms. The Bertz CT molecular complexity index is 1070. The van der Waals surface area contributed by atoms with Crippen molar-refractivity contribution >= 4 is 23.2 Å². The van der Waals surface area contributed by atoms with Crippen molar-refractivity contribution in [1.82, 2.24) is 0 Å². The van der Waals surface area contributed by atoms with E-state index in [9.17, 15) is 9.59 Å². The summed E-state index contributed by atoms with van der Waals surface area (Å²) >= 11 is 0. The van der Waals surface area contributed by atoms with E-state index in [-0.39, 0.29) is 11.8 Å². The van der Waals surface area contributed by atoms with Gasteiger partial charge in [0.05, 0.1) is 0 Å². The maximum Gasteiger partial charge on any atom is 0.265 e. The number of amides is 2. The Morgan fingerprint density at radius 1 is 0.871 bits per heavy atom. The van der Waals surface area contributed by atoms with Gasteiger partial charge >= 0.3 is 0 Å². The molecule has 0 radical (unpaired) electrons. The number of ether oxygens (including phenoxy) is 1. The number of nitrogens with one attached hydrogen (secondary N) is 2. The number of anilines is 2. The van der Waals surface area contributed by atoms with Crippen LogP contribution in [0.25, 0.3) is 0 Å². The van der Waals surface area contributed by atoms with Crippen LogP contribution in [-0.4, -0.2) is 17.9 Å². The fraction of sp³-hybridized carbons (Fsp3) is 0.231. The average Bonchev–Trinajstić information content (AvgIpc) is 2.77. The van der Waals surface area contributed by atoms with Crippen LogP contribution >= 0.6 is 0 Å². The van der Waals surface area contributed by atoms with Gasteiger partial charge in [-0.15, -0.1) is 0 Å². The number of hydrogen-bond donors (Lipinski definition) is 2. The lowest BCUT2D eigenvalue weighted by atomic mass is 10.1. The molecule has 0 aliphatic carbocycles. The topological polar surface area (TPSA) is 67.4 Å². The van der Waals surface area contributed by atoms with Gasteiger partial charge in [-0.1, -0.05) is 37.3 Å². The van der Waals surface area contributed by atoms with E-state index in [4.69, 9.17) is 4.74 Å². The molecule has 2 N–H and O–H groups in total. The van der Waals surface area contributed by atoms with Gasteiger partial charge in [0.2, 0.25) is 0 Å². The molecule has 0 saturated heterocycles. The molecule has 0 aromatic heterocycles. The summed E-state index contributed by atoms with van der Waals surface area (Å²) in [5, 5.41) is 5.86. The minimum Gasteiger partial charge on any atom is -0.481 e. The van der Waals surface area contributed by atoms with Crippen molar-refractivity contribution in [2.45, 2.75) is 40.2 Å². The van der Waals surface area contributed by atoms with Crippen molar-refractivity contribution in [2.24, 2.45) is 0 Å². The van der Waals surface area contributed by atoms with Crippen LogP contribution in [0, 0.1) is 13.8 Å². The summed E-state index contributed by atoms with van der Waals surface area (Å²) in [5.74, 6) is 0.106. The van der Waals surface area contributed by atoms with Gasteiger partial charge in [-0.25, -0.2) is 0 Å². The second-order valence-corrected chi connectivity index (χ2v) is 7.49. The normalized spacial score (nSPS) is 11.5. The van der Waals surface area contributed by atoms with Crippen LogP contribution in [0.15, 0.2) is 66.7 Å². The Morgan fingerprint density at radius 2 is 1.55 bits per heavy atom. The molecule has 0 spiro atoms. The number of rotatable bonds is 7. The van der Waals surface area contributed by atoms with Gasteiger partial charge in [0.25, 0.3) is 11.8 Å². The zero-order valence-electron chi connectivity index (χ0n) is 18.4. The quantitative estimate of drug-likeness (QED) is 0.533. The van der Waals surface area contributed by atoms with Gasteiger partial charge in [-0.3, -0.25) is 9.59 Å². The molecule has 1 unspecified atom stereocenters. The summed E-state index contributed by atoms with van der Waals surface area (Å²) in [4.78, 5) is 25.1. The van der Waals surface area contributed by atoms with E-state index >= 15 is 0 Å². The Labute approximate surface area is 183 Å². The maximum absolute atomic E-state index is 12.6. The lowest BCUT2D eigenvalue weighted by molar-refractivity contribution is -0.122. The number of benzene rings is 3. The molecule has 0 aliphatic rings. The Hall–Kier alpha value is -3.60. The zero-order chi connectivity index (χ0) is 22.4. The highest BCUT2D eigenvalue weighted by atomic mass is 16.5. The van der Waals surface area contributed by atoms with Crippen LogP contribution in [-0.2, 0) is 11.2 Å². The summed E-state index contributed by atoms with van der Waals surface area (Å²) < 4.78 is 5.76. The highest BCUT2D eigenvalue weighted by molar-refractivity contribution is 6.04. The van der Waals surface area contributed by atoms with E-state index in [0.29, 0.717) is 11.3 Å². The molecule has 0 heterocycles. The van der Waals surface area contributed by atoms with Gasteiger partial charge in [0, 0.05) is 16.9 Å². The van der Waals surface area contributed by atoms with Crippen LogP contribution in [0.3, 0.4) is 0 Å². The maximum atomic E-state index is 12.6. The number of para-hydroxylation sites is 1. The molecule has 160 valence electrons. The fourth-order valence-corrected chi connectivity index (χ4v) is 3.21. The Kier molecular flexibility index (Phi) is 7.08. The lowest BCUT2D eigenvalue weighted by Gasteiger charge is -2.16. The van der Waals surface area contributed by atoms with Crippen LogP contribution in [0.1, 0.15) is 40.9 Å². The van der Waals surface area contributed by atoms with E-state index in [1.165, 1.54) is 0 Å². The fourth-order valence-electron chi connectivity index (χ4n) is 3.21. The first-order valence-electron chi connectivity index (χ1n) is 10.4. The molecular weight excluding hydrogens is 388 g/mol. The SMILES string of the molecule is CCc1ccccc1NC(=O)c1ccc(OC(C)C(=O)Nc2cccc(C)c2C)cc1. The number of carbonyl (C=O) groups excluding carboxylic acids is 2. The predicted molar refractivity (Wildman–Crippen MR) is 125 cm³/mol. The predicted octanol–water partition coefficient (Wildman–Crippen LogP) is 5.52. The molecule has 0 fully saturated rings. The first-order valence-corrected chi connectivity index (χ1v) is 10.4. The Morgan fingerprint density at radius 3 is 2.26 bits per heavy atom. The van der Waals surface area contributed by atoms with E-state index in [0.717, 1.165) is 34.5 Å². The van der Waals surface area contributed by atoms with Crippen molar-refractivity contribution in [2.75, 3.05) is 10.6 Å². The zero-order valence-corrected chi connectivity index (χ0v) is 18.4. The summed E-state index contributed by atoms with van der Waals surface area (Å²) in [6.07, 6.45) is 0.154. The minimum absolute atomic E-state index is 0.187. The summed E-state index contributed by atoms with van der Waals surface area (Å²) in [5.41, 5.74) is 5.34. The molecule has 5 heteroatoms. The molecule has 0 aliphatic heterocycles. The third kappa shape index (κ3) is 5.51. The monoisotopic (exact) mass is 416 g/mol. The third-order valence-electron chi connectivity index (χ3n) is 5.31. The second-order valence-electron chi connectivity index (χ2n) is 7.49. The summed E-state index contributed by atoms with van der Waals surface area (Å²) in [6.45, 7) is 7.72. The Balaban J connectivity index is 1.61. The van der Waals surface area contributed by atoms with Crippen molar-refractivity contribution in [1.29, 1.82) is 0 Å². The molecule has 0 saturated carbocycles. The largest absolute Gasteiger partial charge is 0.481 e. The van der Waals surface area contributed by atoms with Gasteiger partial charge in [0.15, 0.2) is 6.10 Å². The van der Waals surface area contributed by atoms with Gasteiger partial charge in [-0.05, 0) is 80.3 Å². The number of carbonyl (C=O) groups is 2. The van der Waals surface area contributed by atoms with E-state index in [1.54, 1.807) is 31.2 Å². The van der Waals surface area contributed by atoms with Crippen LogP contribution < -0.4 is 15.4 Å². The van der Waals surface area contributed by atoms with Gasteiger partial charge < -0.3 is 15.4 Å². The van der Waals surface area contributed by atoms with Crippen molar-refractivity contribution in [3.05, 3.63) is 89.0 Å². The molecule has 5 nitrogen and oxygen atoms in total. The standard InChI is InChI=1S/C26H28N2O3/c1-5-20-10-6-7-11-24(20)28-26(30)21-13-15-22(16-14-21)31-19(4)25(29)27-23-12-8-9-17(2)18(23)3/h6-16,19H,5H2,1-4H3,(H,27,29)(H,28,30). The molecule has 3 aromatic rings. The molecule has 3 aromatic carbocycles. The minimum atomic E-state index is -0.684. The van der Waals surface area contributed by atoms with Crippen LogP contribution in [0.4, 0.5) is 11.4 Å². The molecule has 2 amide bonds. The number of hydrogen-bond acceptors (Lipinski definition) is 3. The molecule has 31 heavy (non-hydrogen) atoms. The molecule has 3 rings (SSSR count). The van der Waals surface area contributed by atoms with Crippen molar-refractivity contribution < 1.29 is 14.3 Å². The second kappa shape index (κ2) is 9.94. The van der Waals surface area contributed by atoms with Crippen LogP contribution in [0.5, 0.6) is 5.75 Å². The smallest absolute Gasteiger partial charge is 0.265 e. The third-order valence-corrected chi connectivity index (χ3v) is 5.31. The first kappa shape index (κ1) is 22.1. The highest BCUT2D eigenvalue weighted by Gasteiger charge is 2.16. The van der Waals surface area contributed by atoms with Crippen molar-refractivity contribution in [3.63, 3.8) is 0 Å². The number of aryl methyl sites for hydroxylation is 2. The van der Waals surface area contributed by atoms with Crippen LogP contribution in [0.2, 0.25) is 0 Å². The lowest BCUT2D eigenvalue weighted by Crippen LogP contribution is -2.30. The summed E-state index contributed by atoms with van der Waals surface area (Å²) in [6, 6.07) is 20.3. The van der Waals surface area contributed by atoms with E-state index in [1.807, 2.05) is 56.3 Å². The van der Waals surface area contributed by atoms with E-state index < -0.39 is 6.10 Å². The molecular formula is C26H28N2O3. The van der Waals surface area contributed by atoms with Gasteiger partial charge in [0.1, 0.15) is 5.75 Å².